The molecule has 1 aromatic heterocycles. The fourth-order valence-electron chi connectivity index (χ4n) is 3.83. The first kappa shape index (κ1) is 18.2. The predicted octanol–water partition coefficient (Wildman–Crippen LogP) is 4.12. The van der Waals surface area contributed by atoms with Crippen molar-refractivity contribution in [1.82, 2.24) is 10.3 Å². The lowest BCUT2D eigenvalue weighted by molar-refractivity contribution is 0.0945. The molecule has 2 aromatic rings. The van der Waals surface area contributed by atoms with Gasteiger partial charge in [-0.25, -0.2) is 0 Å². The maximum Gasteiger partial charge on any atom is 0.261 e. The molecule has 1 heterocycles. The van der Waals surface area contributed by atoms with Crippen molar-refractivity contribution in [2.24, 2.45) is 0 Å². The molecule has 1 aliphatic carbocycles. The molecule has 3 atom stereocenters. The molecule has 26 heavy (non-hydrogen) atoms. The minimum Gasteiger partial charge on any atom is -0.346 e. The molecule has 0 radical (unpaired) electrons. The standard InChI is InChI=1S/C22H26N2O2/c1-3-15(2)23-21(25)19-13-14-20(24-22(19)26)18-12-8-7-11-17(18)16-9-5-4-6-10-16/h3-6,9-10,13-15,17-18H,1,7-8,11-12H2,2H3,(H,23,25)(H,24,26)/t15-,17?,18?/m0/s1. The number of nitrogens with one attached hydrogen (secondary N) is 2. The lowest BCUT2D eigenvalue weighted by Crippen LogP contribution is -2.35. The van der Waals surface area contributed by atoms with Gasteiger partial charge in [-0.05, 0) is 43.4 Å². The maximum atomic E-state index is 12.5. The van der Waals surface area contributed by atoms with Gasteiger partial charge in [0, 0.05) is 17.7 Å². The fourth-order valence-corrected chi connectivity index (χ4v) is 3.83. The van der Waals surface area contributed by atoms with E-state index in [1.165, 1.54) is 12.0 Å². The molecular weight excluding hydrogens is 324 g/mol. The number of pyridine rings is 1. The maximum absolute atomic E-state index is 12.5. The van der Waals surface area contributed by atoms with E-state index in [1.54, 1.807) is 12.1 Å². The van der Waals surface area contributed by atoms with Crippen LogP contribution in [0.5, 0.6) is 0 Å². The third kappa shape index (κ3) is 3.96. The average Bonchev–Trinajstić information content (AvgIpc) is 2.68. The number of hydrogen-bond acceptors (Lipinski definition) is 2. The molecule has 136 valence electrons. The number of carbonyl (C=O) groups excluding carboxylic acids is 1. The molecule has 2 unspecified atom stereocenters. The second kappa shape index (κ2) is 8.17. The van der Waals surface area contributed by atoms with E-state index in [-0.39, 0.29) is 29.0 Å². The summed E-state index contributed by atoms with van der Waals surface area (Å²) in [6.45, 7) is 5.46. The average molecular weight is 350 g/mol. The topological polar surface area (TPSA) is 62.0 Å². The quantitative estimate of drug-likeness (QED) is 0.797. The minimum absolute atomic E-state index is 0.148. The van der Waals surface area contributed by atoms with Crippen molar-refractivity contribution in [3.8, 4) is 0 Å². The Morgan fingerprint density at radius 2 is 1.85 bits per heavy atom. The van der Waals surface area contributed by atoms with Crippen molar-refractivity contribution in [3.05, 3.63) is 82.3 Å². The lowest BCUT2D eigenvalue weighted by atomic mass is 9.74. The molecule has 0 spiro atoms. The van der Waals surface area contributed by atoms with E-state index in [0.29, 0.717) is 5.92 Å². The molecule has 1 aliphatic rings. The summed E-state index contributed by atoms with van der Waals surface area (Å²) in [5, 5.41) is 2.74. The highest BCUT2D eigenvalue weighted by Gasteiger charge is 2.28. The number of benzene rings is 1. The van der Waals surface area contributed by atoms with Crippen LogP contribution >= 0.6 is 0 Å². The largest absolute Gasteiger partial charge is 0.346 e. The van der Waals surface area contributed by atoms with Gasteiger partial charge in [0.25, 0.3) is 11.5 Å². The lowest BCUT2D eigenvalue weighted by Gasteiger charge is -2.32. The molecular formula is C22H26N2O2. The van der Waals surface area contributed by atoms with Crippen molar-refractivity contribution in [2.45, 2.75) is 50.5 Å². The molecule has 3 rings (SSSR count). The Balaban J connectivity index is 1.86. The van der Waals surface area contributed by atoms with E-state index in [4.69, 9.17) is 0 Å². The summed E-state index contributed by atoms with van der Waals surface area (Å²) in [4.78, 5) is 27.7. The van der Waals surface area contributed by atoms with Crippen LogP contribution in [0.3, 0.4) is 0 Å². The number of aromatic amines is 1. The third-order valence-electron chi connectivity index (χ3n) is 5.28. The van der Waals surface area contributed by atoms with Crippen molar-refractivity contribution in [2.75, 3.05) is 0 Å². The summed E-state index contributed by atoms with van der Waals surface area (Å²) in [7, 11) is 0. The van der Waals surface area contributed by atoms with Gasteiger partial charge in [0.05, 0.1) is 0 Å². The van der Waals surface area contributed by atoms with Crippen LogP contribution < -0.4 is 10.9 Å². The van der Waals surface area contributed by atoms with E-state index < -0.39 is 0 Å². The second-order valence-corrected chi connectivity index (χ2v) is 7.06. The van der Waals surface area contributed by atoms with Crippen LogP contribution in [0.4, 0.5) is 0 Å². The number of carbonyl (C=O) groups is 1. The summed E-state index contributed by atoms with van der Waals surface area (Å²) in [6.07, 6.45) is 6.17. The van der Waals surface area contributed by atoms with E-state index in [0.717, 1.165) is 25.0 Å². The zero-order valence-electron chi connectivity index (χ0n) is 15.2. The highest BCUT2D eigenvalue weighted by molar-refractivity contribution is 5.94. The monoisotopic (exact) mass is 350 g/mol. The normalized spacial score (nSPS) is 21.0. The summed E-state index contributed by atoms with van der Waals surface area (Å²) >= 11 is 0. The van der Waals surface area contributed by atoms with Crippen LogP contribution in [0.15, 0.2) is 59.9 Å². The zero-order chi connectivity index (χ0) is 18.5. The summed E-state index contributed by atoms with van der Waals surface area (Å²) < 4.78 is 0. The van der Waals surface area contributed by atoms with Crippen LogP contribution in [-0.2, 0) is 0 Å². The summed E-state index contributed by atoms with van der Waals surface area (Å²) in [5.41, 5.74) is 2.07. The summed E-state index contributed by atoms with van der Waals surface area (Å²) in [5.74, 6) is 0.317. The van der Waals surface area contributed by atoms with Gasteiger partial charge >= 0.3 is 0 Å². The number of H-pyrrole nitrogens is 1. The van der Waals surface area contributed by atoms with Crippen LogP contribution in [0.25, 0.3) is 0 Å². The van der Waals surface area contributed by atoms with E-state index in [9.17, 15) is 9.59 Å². The SMILES string of the molecule is C=C[C@H](C)NC(=O)c1ccc(C2CCCCC2c2ccccc2)[nH]c1=O. The smallest absolute Gasteiger partial charge is 0.261 e. The Morgan fingerprint density at radius 3 is 2.50 bits per heavy atom. The van der Waals surface area contributed by atoms with Gasteiger partial charge in [-0.3, -0.25) is 9.59 Å². The number of hydrogen-bond donors (Lipinski definition) is 2. The highest BCUT2D eigenvalue weighted by atomic mass is 16.2. The van der Waals surface area contributed by atoms with Gasteiger partial charge in [-0.15, -0.1) is 6.58 Å². The Labute approximate surface area is 154 Å². The third-order valence-corrected chi connectivity index (χ3v) is 5.28. The van der Waals surface area contributed by atoms with Gasteiger partial charge < -0.3 is 10.3 Å². The first-order valence-electron chi connectivity index (χ1n) is 9.31. The van der Waals surface area contributed by atoms with Gasteiger partial charge in [0.2, 0.25) is 0 Å². The number of rotatable bonds is 5. The molecule has 4 heteroatoms. The number of aromatic nitrogens is 1. The Morgan fingerprint density at radius 1 is 1.15 bits per heavy atom. The van der Waals surface area contributed by atoms with E-state index >= 15 is 0 Å². The molecule has 1 amide bonds. The molecule has 0 saturated heterocycles. The van der Waals surface area contributed by atoms with Gasteiger partial charge in [0.1, 0.15) is 5.56 Å². The Kier molecular flexibility index (Phi) is 5.71. The van der Waals surface area contributed by atoms with Crippen LogP contribution in [0, 0.1) is 0 Å². The van der Waals surface area contributed by atoms with Gasteiger partial charge in [-0.2, -0.15) is 0 Å². The molecule has 4 nitrogen and oxygen atoms in total. The molecule has 1 aromatic carbocycles. The molecule has 1 fully saturated rings. The molecule has 0 bridgehead atoms. The highest BCUT2D eigenvalue weighted by Crippen LogP contribution is 2.43. The zero-order valence-corrected chi connectivity index (χ0v) is 15.2. The van der Waals surface area contributed by atoms with Crippen molar-refractivity contribution >= 4 is 5.91 Å². The van der Waals surface area contributed by atoms with Crippen LogP contribution in [0.2, 0.25) is 0 Å². The predicted molar refractivity (Wildman–Crippen MR) is 105 cm³/mol. The number of amides is 1. The summed E-state index contributed by atoms with van der Waals surface area (Å²) in [6, 6.07) is 13.9. The minimum atomic E-state index is -0.367. The first-order chi connectivity index (χ1) is 12.6. The van der Waals surface area contributed by atoms with Crippen LogP contribution in [-0.4, -0.2) is 16.9 Å². The van der Waals surface area contributed by atoms with E-state index in [1.807, 2.05) is 19.1 Å². The second-order valence-electron chi connectivity index (χ2n) is 7.06. The van der Waals surface area contributed by atoms with E-state index in [2.05, 4.69) is 41.1 Å². The van der Waals surface area contributed by atoms with Crippen LogP contribution in [0.1, 0.15) is 66.1 Å². The van der Waals surface area contributed by atoms with Crippen molar-refractivity contribution in [3.63, 3.8) is 0 Å². The fraction of sp³-hybridized carbons (Fsp3) is 0.364. The Hall–Kier alpha value is -2.62. The van der Waals surface area contributed by atoms with Gasteiger partial charge in [-0.1, -0.05) is 49.2 Å². The molecule has 1 saturated carbocycles. The van der Waals surface area contributed by atoms with Gasteiger partial charge in [0.15, 0.2) is 0 Å². The van der Waals surface area contributed by atoms with Crippen molar-refractivity contribution < 1.29 is 4.79 Å². The Bertz CT molecular complexity index is 826. The molecule has 0 aliphatic heterocycles. The first-order valence-corrected chi connectivity index (χ1v) is 9.31. The van der Waals surface area contributed by atoms with Crippen molar-refractivity contribution in [1.29, 1.82) is 0 Å². The molecule has 2 N–H and O–H groups in total.